The van der Waals surface area contributed by atoms with Crippen LogP contribution in [0.25, 0.3) is 0 Å². The fraction of sp³-hybridized carbons (Fsp3) is 0.500. The molecule has 0 saturated carbocycles. The number of rotatable bonds is 4. The first-order chi connectivity index (χ1) is 9.81. The third kappa shape index (κ3) is 3.07. The Morgan fingerprint density at radius 1 is 1.48 bits per heavy atom. The molecule has 1 amide bonds. The maximum Gasteiger partial charge on any atom is 0.265 e. The first kappa shape index (κ1) is 15.5. The number of aromatic nitrogens is 3. The maximum absolute atomic E-state index is 12.3. The van der Waals surface area contributed by atoms with E-state index in [4.69, 9.17) is 5.73 Å². The van der Waals surface area contributed by atoms with Gasteiger partial charge < -0.3 is 10.6 Å². The van der Waals surface area contributed by atoms with Gasteiger partial charge >= 0.3 is 0 Å². The van der Waals surface area contributed by atoms with E-state index in [0.29, 0.717) is 22.6 Å². The molecule has 114 valence electrons. The van der Waals surface area contributed by atoms with Crippen molar-refractivity contribution < 1.29 is 4.79 Å². The van der Waals surface area contributed by atoms with Gasteiger partial charge in [0.05, 0.1) is 11.9 Å². The Morgan fingerprint density at radius 3 is 2.62 bits per heavy atom. The molecular weight excluding hydrogens is 286 g/mol. The van der Waals surface area contributed by atoms with Crippen LogP contribution in [-0.2, 0) is 6.54 Å². The summed E-state index contributed by atoms with van der Waals surface area (Å²) in [4.78, 5) is 18.5. The van der Waals surface area contributed by atoms with Crippen molar-refractivity contribution in [3.63, 3.8) is 0 Å². The Bertz CT molecular complexity index is 658. The molecule has 0 radical (unpaired) electrons. The first-order valence-electron chi connectivity index (χ1n) is 6.82. The Hall–Kier alpha value is -1.89. The smallest absolute Gasteiger partial charge is 0.265 e. The summed E-state index contributed by atoms with van der Waals surface area (Å²) in [7, 11) is 1.78. The molecule has 0 aromatic carbocycles. The molecule has 0 spiro atoms. The summed E-state index contributed by atoms with van der Waals surface area (Å²) in [5, 5.41) is 4.96. The lowest BCUT2D eigenvalue weighted by Gasteiger charge is -2.16. The van der Waals surface area contributed by atoms with Crippen molar-refractivity contribution in [2.24, 2.45) is 0 Å². The molecular formula is C14H21N5OS. The maximum atomic E-state index is 12.3. The monoisotopic (exact) mass is 307 g/mol. The van der Waals surface area contributed by atoms with Gasteiger partial charge in [0, 0.05) is 30.9 Å². The van der Waals surface area contributed by atoms with Crippen molar-refractivity contribution in [1.82, 2.24) is 19.7 Å². The number of carbonyl (C=O) groups excluding carboxylic acids is 1. The average Bonchev–Trinajstić information content (AvgIpc) is 2.96. The van der Waals surface area contributed by atoms with E-state index in [1.807, 2.05) is 18.5 Å². The van der Waals surface area contributed by atoms with Crippen molar-refractivity contribution in [2.45, 2.75) is 40.3 Å². The fourth-order valence-electron chi connectivity index (χ4n) is 2.31. The van der Waals surface area contributed by atoms with E-state index < -0.39 is 0 Å². The van der Waals surface area contributed by atoms with E-state index >= 15 is 0 Å². The van der Waals surface area contributed by atoms with E-state index in [1.54, 1.807) is 11.9 Å². The number of nitrogens with two attached hydrogens (primary N) is 1. The Labute approximate surface area is 128 Å². The standard InChI is InChI=1S/C14H21N5OS/c1-8(2)19-10(4)11(9(3)17-19)7-18(5)13(20)12-6-16-14(15)21-12/h6,8H,7H2,1-5H3,(H2,15,16). The molecule has 0 aliphatic rings. The molecule has 0 unspecified atom stereocenters. The molecule has 6 nitrogen and oxygen atoms in total. The highest BCUT2D eigenvalue weighted by Gasteiger charge is 2.19. The molecule has 0 aliphatic heterocycles. The minimum atomic E-state index is -0.0692. The molecule has 21 heavy (non-hydrogen) atoms. The number of thiazole rings is 1. The Morgan fingerprint density at radius 2 is 2.14 bits per heavy atom. The fourth-order valence-corrected chi connectivity index (χ4v) is 2.99. The number of nitrogen functional groups attached to an aromatic ring is 1. The molecule has 2 N–H and O–H groups in total. The number of amides is 1. The number of carbonyl (C=O) groups is 1. The van der Waals surface area contributed by atoms with Gasteiger partial charge in [0.2, 0.25) is 0 Å². The van der Waals surface area contributed by atoms with Gasteiger partial charge in [-0.2, -0.15) is 5.10 Å². The minimum Gasteiger partial charge on any atom is -0.375 e. The molecule has 2 aromatic rings. The molecule has 0 aliphatic carbocycles. The average molecular weight is 307 g/mol. The van der Waals surface area contributed by atoms with Crippen LogP contribution in [-0.4, -0.2) is 32.6 Å². The van der Waals surface area contributed by atoms with Gasteiger partial charge in [-0.1, -0.05) is 11.3 Å². The van der Waals surface area contributed by atoms with Gasteiger partial charge in [-0.3, -0.25) is 9.48 Å². The molecule has 0 bridgehead atoms. The van der Waals surface area contributed by atoms with Crippen molar-refractivity contribution >= 4 is 22.4 Å². The Kier molecular flexibility index (Phi) is 4.32. The number of hydrogen-bond donors (Lipinski definition) is 1. The summed E-state index contributed by atoms with van der Waals surface area (Å²) < 4.78 is 1.99. The van der Waals surface area contributed by atoms with Crippen LogP contribution >= 0.6 is 11.3 Å². The second kappa shape index (κ2) is 5.85. The van der Waals surface area contributed by atoms with E-state index in [2.05, 4.69) is 23.9 Å². The zero-order chi connectivity index (χ0) is 15.7. The van der Waals surface area contributed by atoms with Crippen molar-refractivity contribution in [3.05, 3.63) is 28.0 Å². The van der Waals surface area contributed by atoms with Crippen LogP contribution in [0.4, 0.5) is 5.13 Å². The first-order valence-corrected chi connectivity index (χ1v) is 7.64. The summed E-state index contributed by atoms with van der Waals surface area (Å²) in [6.07, 6.45) is 1.52. The summed E-state index contributed by atoms with van der Waals surface area (Å²) >= 11 is 1.21. The summed E-state index contributed by atoms with van der Waals surface area (Å²) in [5.74, 6) is -0.0692. The largest absolute Gasteiger partial charge is 0.375 e. The molecule has 0 atom stereocenters. The van der Waals surface area contributed by atoms with Crippen LogP contribution < -0.4 is 5.73 Å². The van der Waals surface area contributed by atoms with Crippen LogP contribution in [0.1, 0.15) is 46.5 Å². The van der Waals surface area contributed by atoms with Crippen LogP contribution in [0.5, 0.6) is 0 Å². The van der Waals surface area contributed by atoms with Crippen molar-refractivity contribution in [2.75, 3.05) is 12.8 Å². The predicted molar refractivity (Wildman–Crippen MR) is 84.4 cm³/mol. The number of hydrogen-bond acceptors (Lipinski definition) is 5. The quantitative estimate of drug-likeness (QED) is 0.941. The third-order valence-electron chi connectivity index (χ3n) is 3.44. The molecule has 2 heterocycles. The van der Waals surface area contributed by atoms with Gasteiger partial charge in [0.1, 0.15) is 4.88 Å². The lowest BCUT2D eigenvalue weighted by molar-refractivity contribution is 0.0789. The zero-order valence-electron chi connectivity index (χ0n) is 13.0. The van der Waals surface area contributed by atoms with Crippen LogP contribution in [0.3, 0.4) is 0 Å². The zero-order valence-corrected chi connectivity index (χ0v) is 13.9. The number of anilines is 1. The van der Waals surface area contributed by atoms with Gasteiger partial charge in [-0.25, -0.2) is 4.98 Å². The lowest BCUT2D eigenvalue weighted by Crippen LogP contribution is -2.26. The van der Waals surface area contributed by atoms with Gasteiger partial charge in [-0.05, 0) is 27.7 Å². The molecule has 2 rings (SSSR count). The summed E-state index contributed by atoms with van der Waals surface area (Å²) in [5.41, 5.74) is 8.74. The van der Waals surface area contributed by atoms with Crippen molar-refractivity contribution in [3.8, 4) is 0 Å². The van der Waals surface area contributed by atoms with Gasteiger partial charge in [0.15, 0.2) is 5.13 Å². The molecule has 2 aromatic heterocycles. The third-order valence-corrected chi connectivity index (χ3v) is 4.25. The highest BCUT2D eigenvalue weighted by molar-refractivity contribution is 7.17. The summed E-state index contributed by atoms with van der Waals surface area (Å²) in [6.45, 7) is 8.74. The lowest BCUT2D eigenvalue weighted by atomic mass is 10.2. The van der Waals surface area contributed by atoms with E-state index in [0.717, 1.165) is 17.0 Å². The van der Waals surface area contributed by atoms with Gasteiger partial charge in [-0.15, -0.1) is 0 Å². The van der Waals surface area contributed by atoms with Crippen molar-refractivity contribution in [1.29, 1.82) is 0 Å². The van der Waals surface area contributed by atoms with E-state index in [1.165, 1.54) is 17.5 Å². The Balaban J connectivity index is 2.20. The molecule has 7 heteroatoms. The van der Waals surface area contributed by atoms with Gasteiger partial charge in [0.25, 0.3) is 5.91 Å². The van der Waals surface area contributed by atoms with E-state index in [-0.39, 0.29) is 5.91 Å². The topological polar surface area (TPSA) is 77.0 Å². The highest BCUT2D eigenvalue weighted by Crippen LogP contribution is 2.21. The minimum absolute atomic E-state index is 0.0692. The highest BCUT2D eigenvalue weighted by atomic mass is 32.1. The second-order valence-corrected chi connectivity index (χ2v) is 6.47. The van der Waals surface area contributed by atoms with E-state index in [9.17, 15) is 4.79 Å². The predicted octanol–water partition coefficient (Wildman–Crippen LogP) is 2.39. The SMILES string of the molecule is Cc1nn(C(C)C)c(C)c1CN(C)C(=O)c1cnc(N)s1. The number of nitrogens with zero attached hydrogens (tertiary/aromatic N) is 4. The molecule has 0 fully saturated rings. The number of aryl methyl sites for hydroxylation is 1. The van der Waals surface area contributed by atoms with Crippen LogP contribution in [0, 0.1) is 13.8 Å². The molecule has 0 saturated heterocycles. The normalized spacial score (nSPS) is 11.1. The van der Waals surface area contributed by atoms with Crippen LogP contribution in [0.15, 0.2) is 6.20 Å². The van der Waals surface area contributed by atoms with Crippen LogP contribution in [0.2, 0.25) is 0 Å². The second-order valence-electron chi connectivity index (χ2n) is 5.41. The summed E-state index contributed by atoms with van der Waals surface area (Å²) in [6, 6.07) is 0.305.